The predicted octanol–water partition coefficient (Wildman–Crippen LogP) is 1.42. The van der Waals surface area contributed by atoms with Crippen LogP contribution in [0.15, 0.2) is 18.2 Å². The number of amides is 1. The quantitative estimate of drug-likeness (QED) is 0.649. The van der Waals surface area contributed by atoms with Crippen LogP contribution in [0.25, 0.3) is 0 Å². The molecule has 0 spiro atoms. The molecule has 0 bridgehead atoms. The Hall–Kier alpha value is -1.66. The van der Waals surface area contributed by atoms with Gasteiger partial charge in [-0.2, -0.15) is 0 Å². The number of nitro benzene ring substituents is 1. The molecule has 1 aliphatic heterocycles. The number of nitro groups is 1. The van der Waals surface area contributed by atoms with Crippen LogP contribution in [0.3, 0.4) is 0 Å². The molecule has 7 heteroatoms. The molecule has 2 rings (SSSR count). The Kier molecular flexibility index (Phi) is 3.49. The molecule has 0 aromatic heterocycles. The molecule has 2 N–H and O–H groups in total. The normalized spacial score (nSPS) is 19.0. The summed E-state index contributed by atoms with van der Waals surface area (Å²) in [6.45, 7) is 1.04. The van der Waals surface area contributed by atoms with Crippen molar-refractivity contribution in [2.75, 3.05) is 13.1 Å². The zero-order valence-electron chi connectivity index (χ0n) is 9.51. The lowest BCUT2D eigenvalue weighted by Gasteiger charge is -2.15. The number of rotatable bonds is 2. The Labute approximate surface area is 108 Å². The van der Waals surface area contributed by atoms with Crippen molar-refractivity contribution in [3.63, 3.8) is 0 Å². The highest BCUT2D eigenvalue weighted by molar-refractivity contribution is 6.31. The average molecular weight is 270 g/mol. The van der Waals surface area contributed by atoms with E-state index in [1.54, 1.807) is 4.90 Å². The van der Waals surface area contributed by atoms with Crippen molar-refractivity contribution in [3.05, 3.63) is 38.9 Å². The number of nitrogens with two attached hydrogens (primary N) is 1. The molecular weight excluding hydrogens is 258 g/mol. The third kappa shape index (κ3) is 2.60. The summed E-state index contributed by atoms with van der Waals surface area (Å²) in [6.07, 6.45) is 0.744. The van der Waals surface area contributed by atoms with E-state index in [4.69, 9.17) is 17.3 Å². The van der Waals surface area contributed by atoms with Crippen LogP contribution < -0.4 is 5.73 Å². The van der Waals surface area contributed by atoms with Crippen LogP contribution in [-0.4, -0.2) is 34.9 Å². The number of likely N-dealkylation sites (tertiary alicyclic amines) is 1. The van der Waals surface area contributed by atoms with Gasteiger partial charge < -0.3 is 10.6 Å². The Bertz CT molecular complexity index is 506. The first kappa shape index (κ1) is 12.8. The molecule has 1 atom stereocenters. The summed E-state index contributed by atoms with van der Waals surface area (Å²) in [5.41, 5.74) is 5.76. The van der Waals surface area contributed by atoms with E-state index >= 15 is 0 Å². The second-order valence-corrected chi connectivity index (χ2v) is 4.69. The lowest BCUT2D eigenvalue weighted by Crippen LogP contribution is -2.31. The van der Waals surface area contributed by atoms with Crippen LogP contribution in [0.2, 0.25) is 5.02 Å². The molecule has 0 saturated carbocycles. The number of hydrogen-bond acceptors (Lipinski definition) is 4. The molecule has 18 heavy (non-hydrogen) atoms. The Morgan fingerprint density at radius 1 is 1.50 bits per heavy atom. The molecule has 96 valence electrons. The molecule has 1 amide bonds. The molecule has 1 aliphatic rings. The second-order valence-electron chi connectivity index (χ2n) is 4.26. The molecule has 1 unspecified atom stereocenters. The lowest BCUT2D eigenvalue weighted by molar-refractivity contribution is -0.384. The van der Waals surface area contributed by atoms with Gasteiger partial charge in [0.15, 0.2) is 0 Å². The smallest absolute Gasteiger partial charge is 0.271 e. The maximum Gasteiger partial charge on any atom is 0.271 e. The van der Waals surface area contributed by atoms with Gasteiger partial charge in [0.1, 0.15) is 0 Å². The van der Waals surface area contributed by atoms with Crippen molar-refractivity contribution in [1.82, 2.24) is 4.90 Å². The van der Waals surface area contributed by atoms with Crippen LogP contribution in [-0.2, 0) is 0 Å². The lowest BCUT2D eigenvalue weighted by atomic mass is 10.2. The maximum atomic E-state index is 12.1. The molecule has 1 heterocycles. The largest absolute Gasteiger partial charge is 0.337 e. The van der Waals surface area contributed by atoms with Gasteiger partial charge in [-0.3, -0.25) is 14.9 Å². The van der Waals surface area contributed by atoms with E-state index < -0.39 is 4.92 Å². The summed E-state index contributed by atoms with van der Waals surface area (Å²) >= 11 is 5.77. The summed E-state index contributed by atoms with van der Waals surface area (Å²) in [5, 5.41) is 10.9. The van der Waals surface area contributed by atoms with Crippen molar-refractivity contribution >= 4 is 23.2 Å². The van der Waals surface area contributed by atoms with Gasteiger partial charge >= 0.3 is 0 Å². The molecule has 1 saturated heterocycles. The van der Waals surface area contributed by atoms with Gasteiger partial charge in [0.2, 0.25) is 0 Å². The minimum Gasteiger partial charge on any atom is -0.337 e. The number of halogens is 1. The minimum atomic E-state index is -0.571. The van der Waals surface area contributed by atoms with Gasteiger partial charge in [0.05, 0.1) is 4.92 Å². The molecule has 0 radical (unpaired) electrons. The van der Waals surface area contributed by atoms with Gasteiger partial charge in [-0.1, -0.05) is 11.6 Å². The van der Waals surface area contributed by atoms with Gasteiger partial charge in [0.25, 0.3) is 11.6 Å². The van der Waals surface area contributed by atoms with Gasteiger partial charge in [-0.05, 0) is 12.5 Å². The SMILES string of the molecule is NC1CCN(C(=O)c2cc(Cl)cc([N+](=O)[O-])c2)C1. The fraction of sp³-hybridized carbons (Fsp3) is 0.364. The molecular formula is C11H12ClN3O3. The van der Waals surface area contributed by atoms with Crippen LogP contribution in [0.5, 0.6) is 0 Å². The monoisotopic (exact) mass is 269 g/mol. The predicted molar refractivity (Wildman–Crippen MR) is 66.6 cm³/mol. The van der Waals surface area contributed by atoms with E-state index in [1.807, 2.05) is 0 Å². The number of non-ortho nitro benzene ring substituents is 1. The van der Waals surface area contributed by atoms with E-state index in [0.717, 1.165) is 6.42 Å². The van der Waals surface area contributed by atoms with E-state index in [2.05, 4.69) is 0 Å². The molecule has 0 aliphatic carbocycles. The van der Waals surface area contributed by atoms with Crippen molar-refractivity contribution in [2.45, 2.75) is 12.5 Å². The molecule has 1 aromatic rings. The number of hydrogen-bond donors (Lipinski definition) is 1. The first-order valence-electron chi connectivity index (χ1n) is 5.47. The fourth-order valence-electron chi connectivity index (χ4n) is 1.96. The molecule has 1 aromatic carbocycles. The van der Waals surface area contributed by atoms with Gasteiger partial charge in [-0.15, -0.1) is 0 Å². The van der Waals surface area contributed by atoms with E-state index in [0.29, 0.717) is 13.1 Å². The number of nitrogens with zero attached hydrogens (tertiary/aromatic N) is 2. The van der Waals surface area contributed by atoms with Crippen molar-refractivity contribution < 1.29 is 9.72 Å². The number of carbonyl (C=O) groups is 1. The summed E-state index contributed by atoms with van der Waals surface area (Å²) in [7, 11) is 0. The van der Waals surface area contributed by atoms with Crippen LogP contribution in [0.1, 0.15) is 16.8 Å². The fourth-order valence-corrected chi connectivity index (χ4v) is 2.19. The van der Waals surface area contributed by atoms with Crippen molar-refractivity contribution in [3.8, 4) is 0 Å². The first-order chi connectivity index (χ1) is 8.47. The van der Waals surface area contributed by atoms with Crippen LogP contribution >= 0.6 is 11.6 Å². The standard InChI is InChI=1S/C11H12ClN3O3/c12-8-3-7(4-10(5-8)15(17)18)11(16)14-2-1-9(13)6-14/h3-5,9H,1-2,6,13H2. The van der Waals surface area contributed by atoms with E-state index in [9.17, 15) is 14.9 Å². The summed E-state index contributed by atoms with van der Waals surface area (Å²) < 4.78 is 0. The van der Waals surface area contributed by atoms with Gasteiger partial charge in [0, 0.05) is 41.9 Å². The number of benzene rings is 1. The molecule has 6 nitrogen and oxygen atoms in total. The summed E-state index contributed by atoms with van der Waals surface area (Å²) in [6, 6.07) is 3.86. The van der Waals surface area contributed by atoms with Crippen molar-refractivity contribution in [2.24, 2.45) is 5.73 Å². The summed E-state index contributed by atoms with van der Waals surface area (Å²) in [4.78, 5) is 23.8. The minimum absolute atomic E-state index is 0.0249. The highest BCUT2D eigenvalue weighted by atomic mass is 35.5. The zero-order chi connectivity index (χ0) is 13.3. The Balaban J connectivity index is 2.27. The number of carbonyl (C=O) groups excluding carboxylic acids is 1. The topological polar surface area (TPSA) is 89.5 Å². The summed E-state index contributed by atoms with van der Waals surface area (Å²) in [5.74, 6) is -0.270. The first-order valence-corrected chi connectivity index (χ1v) is 5.85. The highest BCUT2D eigenvalue weighted by Crippen LogP contribution is 2.23. The molecule has 1 fully saturated rings. The van der Waals surface area contributed by atoms with Crippen LogP contribution in [0.4, 0.5) is 5.69 Å². The third-order valence-electron chi connectivity index (χ3n) is 2.85. The maximum absolute atomic E-state index is 12.1. The highest BCUT2D eigenvalue weighted by Gasteiger charge is 2.25. The van der Waals surface area contributed by atoms with E-state index in [1.165, 1.54) is 18.2 Å². The Morgan fingerprint density at radius 2 is 2.22 bits per heavy atom. The van der Waals surface area contributed by atoms with Crippen molar-refractivity contribution in [1.29, 1.82) is 0 Å². The second kappa shape index (κ2) is 4.91. The van der Waals surface area contributed by atoms with Gasteiger partial charge in [-0.25, -0.2) is 0 Å². The average Bonchev–Trinajstić information content (AvgIpc) is 2.74. The third-order valence-corrected chi connectivity index (χ3v) is 3.07. The van der Waals surface area contributed by atoms with E-state index in [-0.39, 0.29) is 28.2 Å². The van der Waals surface area contributed by atoms with Crippen LogP contribution in [0, 0.1) is 10.1 Å². The zero-order valence-corrected chi connectivity index (χ0v) is 10.3. The Morgan fingerprint density at radius 3 is 2.78 bits per heavy atom.